The number of cyclic esters (lactones) is 1. The number of nitrogens with two attached hydrogens (primary N) is 1. The predicted octanol–water partition coefficient (Wildman–Crippen LogP) is 0.947. The van der Waals surface area contributed by atoms with E-state index in [-0.39, 0.29) is 5.88 Å². The fraction of sp³-hybridized carbons (Fsp3) is 0.125. The standard InChI is InChI=1S/C8H6INO3/c9-6-1-4(3-12-6)5-2-7(10)13-8(5)11/h1-2H,3,10H2/b5-4+. The van der Waals surface area contributed by atoms with Crippen molar-refractivity contribution in [3.8, 4) is 0 Å². The minimum Gasteiger partial charge on any atom is -0.483 e. The second-order valence-corrected chi connectivity index (χ2v) is 3.68. The highest BCUT2D eigenvalue weighted by molar-refractivity contribution is 14.1. The summed E-state index contributed by atoms with van der Waals surface area (Å²) < 4.78 is 10.6. The highest BCUT2D eigenvalue weighted by atomic mass is 127. The van der Waals surface area contributed by atoms with Gasteiger partial charge in [0.1, 0.15) is 6.61 Å². The Labute approximate surface area is 88.2 Å². The molecule has 13 heavy (non-hydrogen) atoms. The quantitative estimate of drug-likeness (QED) is 0.410. The number of ether oxygens (including phenoxy) is 2. The van der Waals surface area contributed by atoms with Crippen molar-refractivity contribution in [1.82, 2.24) is 0 Å². The predicted molar refractivity (Wildman–Crippen MR) is 53.4 cm³/mol. The Bertz CT molecular complexity index is 368. The molecule has 2 aliphatic heterocycles. The van der Waals surface area contributed by atoms with Crippen molar-refractivity contribution in [3.05, 3.63) is 32.9 Å². The molecule has 0 spiro atoms. The molecule has 0 aromatic heterocycles. The zero-order valence-corrected chi connectivity index (χ0v) is 8.70. The van der Waals surface area contributed by atoms with Gasteiger partial charge in [-0.2, -0.15) is 0 Å². The fourth-order valence-electron chi connectivity index (χ4n) is 1.14. The summed E-state index contributed by atoms with van der Waals surface area (Å²) in [5.41, 5.74) is 6.64. The van der Waals surface area contributed by atoms with Crippen LogP contribution in [-0.4, -0.2) is 12.6 Å². The molecule has 0 amide bonds. The molecule has 2 heterocycles. The largest absolute Gasteiger partial charge is 0.483 e. The van der Waals surface area contributed by atoms with E-state index in [1.165, 1.54) is 6.08 Å². The van der Waals surface area contributed by atoms with Crippen LogP contribution < -0.4 is 5.73 Å². The van der Waals surface area contributed by atoms with E-state index < -0.39 is 5.97 Å². The summed E-state index contributed by atoms with van der Waals surface area (Å²) in [4.78, 5) is 11.2. The first kappa shape index (κ1) is 8.61. The molecule has 0 fully saturated rings. The molecule has 4 nitrogen and oxygen atoms in total. The van der Waals surface area contributed by atoms with E-state index in [9.17, 15) is 4.79 Å². The Hall–Kier alpha value is -0.980. The molecule has 0 bridgehead atoms. The number of hydrogen-bond acceptors (Lipinski definition) is 4. The van der Waals surface area contributed by atoms with Crippen LogP contribution in [0, 0.1) is 0 Å². The van der Waals surface area contributed by atoms with Crippen molar-refractivity contribution in [2.45, 2.75) is 0 Å². The Morgan fingerprint density at radius 2 is 2.23 bits per heavy atom. The Morgan fingerprint density at radius 3 is 2.69 bits per heavy atom. The summed E-state index contributed by atoms with van der Waals surface area (Å²) in [5.74, 6) is -0.263. The summed E-state index contributed by atoms with van der Waals surface area (Å²) in [6.45, 7) is 0.409. The van der Waals surface area contributed by atoms with Gasteiger partial charge in [0.25, 0.3) is 0 Å². The van der Waals surface area contributed by atoms with E-state index in [0.717, 1.165) is 9.34 Å². The average molecular weight is 291 g/mol. The highest BCUT2D eigenvalue weighted by Crippen LogP contribution is 2.26. The van der Waals surface area contributed by atoms with E-state index in [4.69, 9.17) is 10.5 Å². The number of carbonyl (C=O) groups is 1. The molecule has 0 aromatic carbocycles. The zero-order chi connectivity index (χ0) is 9.42. The maximum absolute atomic E-state index is 11.2. The third-order valence-corrected chi connectivity index (χ3v) is 2.34. The lowest BCUT2D eigenvalue weighted by Gasteiger charge is -1.95. The lowest BCUT2D eigenvalue weighted by molar-refractivity contribution is -0.133. The van der Waals surface area contributed by atoms with Gasteiger partial charge in [0.2, 0.25) is 0 Å². The van der Waals surface area contributed by atoms with Gasteiger partial charge in [-0.15, -0.1) is 0 Å². The molecule has 5 heteroatoms. The van der Waals surface area contributed by atoms with Crippen LogP contribution in [0.1, 0.15) is 0 Å². The van der Waals surface area contributed by atoms with Crippen LogP contribution in [-0.2, 0) is 14.3 Å². The van der Waals surface area contributed by atoms with Crippen LogP contribution in [0.4, 0.5) is 0 Å². The SMILES string of the molecule is NC1=C/C(=C2/C=C(I)OC2)C(=O)O1. The molecule has 0 saturated carbocycles. The second kappa shape index (κ2) is 3.06. The lowest BCUT2D eigenvalue weighted by atomic mass is 10.1. The number of rotatable bonds is 0. The molecule has 2 aliphatic rings. The molecule has 0 saturated heterocycles. The summed E-state index contributed by atoms with van der Waals surface area (Å²) in [7, 11) is 0. The topological polar surface area (TPSA) is 61.5 Å². The van der Waals surface area contributed by atoms with Crippen LogP contribution in [0.5, 0.6) is 0 Å². The molecular formula is C8H6INO3. The first-order valence-corrected chi connectivity index (χ1v) is 4.67. The van der Waals surface area contributed by atoms with E-state index in [1.54, 1.807) is 6.08 Å². The van der Waals surface area contributed by atoms with E-state index in [2.05, 4.69) is 4.74 Å². The number of carbonyl (C=O) groups excluding carboxylic acids is 1. The number of hydrogen-bond donors (Lipinski definition) is 1. The van der Waals surface area contributed by atoms with Gasteiger partial charge in [-0.1, -0.05) is 0 Å². The molecule has 0 unspecified atom stereocenters. The first-order valence-electron chi connectivity index (χ1n) is 3.59. The molecule has 2 N–H and O–H groups in total. The lowest BCUT2D eigenvalue weighted by Crippen LogP contribution is -2.03. The summed E-state index contributed by atoms with van der Waals surface area (Å²) >= 11 is 2.05. The minimum absolute atomic E-state index is 0.141. The first-order chi connectivity index (χ1) is 6.16. The Morgan fingerprint density at radius 1 is 1.46 bits per heavy atom. The Balaban J connectivity index is 2.40. The summed E-state index contributed by atoms with van der Waals surface area (Å²) in [6, 6.07) is 0. The molecule has 0 radical (unpaired) electrons. The van der Waals surface area contributed by atoms with E-state index in [1.807, 2.05) is 22.6 Å². The average Bonchev–Trinajstić information content (AvgIpc) is 2.58. The molecule has 0 aromatic rings. The number of halogens is 1. The van der Waals surface area contributed by atoms with E-state index >= 15 is 0 Å². The highest BCUT2D eigenvalue weighted by Gasteiger charge is 2.24. The second-order valence-electron chi connectivity index (χ2n) is 2.61. The minimum atomic E-state index is -0.404. The van der Waals surface area contributed by atoms with Gasteiger partial charge in [0, 0.05) is 11.6 Å². The zero-order valence-electron chi connectivity index (χ0n) is 6.54. The third-order valence-electron chi connectivity index (χ3n) is 1.72. The van der Waals surface area contributed by atoms with Gasteiger partial charge in [-0.05, 0) is 28.7 Å². The summed E-state index contributed by atoms with van der Waals surface area (Å²) in [5, 5.41) is 0. The Kier molecular flexibility index (Phi) is 2.03. The van der Waals surface area contributed by atoms with Gasteiger partial charge in [-0.3, -0.25) is 0 Å². The van der Waals surface area contributed by atoms with Gasteiger partial charge in [0.15, 0.2) is 9.65 Å². The maximum atomic E-state index is 11.2. The van der Waals surface area contributed by atoms with Gasteiger partial charge >= 0.3 is 5.97 Å². The smallest absolute Gasteiger partial charge is 0.345 e. The van der Waals surface area contributed by atoms with Crippen molar-refractivity contribution in [3.63, 3.8) is 0 Å². The van der Waals surface area contributed by atoms with E-state index in [0.29, 0.717) is 12.2 Å². The maximum Gasteiger partial charge on any atom is 0.345 e. The van der Waals surface area contributed by atoms with Crippen LogP contribution in [0.3, 0.4) is 0 Å². The molecule has 68 valence electrons. The van der Waals surface area contributed by atoms with Crippen molar-refractivity contribution >= 4 is 28.6 Å². The van der Waals surface area contributed by atoms with Crippen LogP contribution in [0.15, 0.2) is 32.9 Å². The molecule has 0 atom stereocenters. The van der Waals surface area contributed by atoms with Gasteiger partial charge in [-0.25, -0.2) is 4.79 Å². The van der Waals surface area contributed by atoms with Gasteiger partial charge in [0.05, 0.1) is 5.57 Å². The number of esters is 1. The van der Waals surface area contributed by atoms with Crippen molar-refractivity contribution in [1.29, 1.82) is 0 Å². The molecule has 0 aliphatic carbocycles. The van der Waals surface area contributed by atoms with Crippen molar-refractivity contribution < 1.29 is 14.3 Å². The molecule has 2 rings (SSSR count). The normalized spacial score (nSPS) is 26.7. The van der Waals surface area contributed by atoms with Crippen molar-refractivity contribution in [2.75, 3.05) is 6.61 Å². The van der Waals surface area contributed by atoms with Crippen LogP contribution >= 0.6 is 22.6 Å². The third kappa shape index (κ3) is 1.55. The monoisotopic (exact) mass is 291 g/mol. The van der Waals surface area contributed by atoms with Gasteiger partial charge < -0.3 is 15.2 Å². The van der Waals surface area contributed by atoms with Crippen molar-refractivity contribution in [2.24, 2.45) is 5.73 Å². The van der Waals surface area contributed by atoms with Crippen LogP contribution in [0.2, 0.25) is 0 Å². The summed E-state index contributed by atoms with van der Waals surface area (Å²) in [6.07, 6.45) is 3.32. The van der Waals surface area contributed by atoms with Crippen LogP contribution in [0.25, 0.3) is 0 Å². The molecular weight excluding hydrogens is 285 g/mol. The fourth-order valence-corrected chi connectivity index (χ4v) is 1.67.